The fourth-order valence-corrected chi connectivity index (χ4v) is 8.43. The summed E-state index contributed by atoms with van der Waals surface area (Å²) in [7, 11) is 0. The van der Waals surface area contributed by atoms with E-state index in [-0.39, 0.29) is 38.3 Å². The van der Waals surface area contributed by atoms with Crippen molar-refractivity contribution in [1.82, 2.24) is 68.7 Å². The number of nitrogens with zero attached hydrogens (tertiary/aromatic N) is 2. The van der Waals surface area contributed by atoms with Crippen LogP contribution in [-0.2, 0) is 81.5 Å². The molecule has 41 nitrogen and oxygen atoms in total. The zero-order valence-corrected chi connectivity index (χ0v) is 52.1. The number of carboxylic acids is 1. The normalized spacial score (nSPS) is 16.4. The Bertz CT molecular complexity index is 2760. The number of likely N-dealkylation sites (tertiary alicyclic amines) is 1. The lowest BCUT2D eigenvalue weighted by molar-refractivity contribution is -0.144. The van der Waals surface area contributed by atoms with E-state index in [1.165, 1.54) is 32.6 Å². The second-order valence-corrected chi connectivity index (χ2v) is 21.8. The second-order valence-electron chi connectivity index (χ2n) is 21.8. The van der Waals surface area contributed by atoms with E-state index < -0.39 is 237 Å². The smallest absolute Gasteiger partial charge is 0.326 e. The van der Waals surface area contributed by atoms with E-state index in [4.69, 9.17) is 34.4 Å². The summed E-state index contributed by atoms with van der Waals surface area (Å²) in [5.41, 5.74) is 32.0. The summed E-state index contributed by atoms with van der Waals surface area (Å²) >= 11 is 0. The highest BCUT2D eigenvalue weighted by Gasteiger charge is 2.41. The molecule has 0 bridgehead atoms. The Kier molecular flexibility index (Phi) is 34.9. The monoisotopic (exact) mass is 1330 g/mol. The predicted molar refractivity (Wildman–Crippen MR) is 319 cm³/mol. The minimum absolute atomic E-state index is 0.0101. The molecule has 1 saturated heterocycles. The summed E-state index contributed by atoms with van der Waals surface area (Å²) in [4.78, 5) is 222. The fraction of sp³-hybridized carbons (Fsp3) is 0.654. The lowest BCUT2D eigenvalue weighted by atomic mass is 10.0. The molecule has 0 aromatic carbocycles. The summed E-state index contributed by atoms with van der Waals surface area (Å²) in [6.45, 7) is 4.41. The number of primary amides is 3. The van der Waals surface area contributed by atoms with Gasteiger partial charge in [0.1, 0.15) is 66.5 Å². The third kappa shape index (κ3) is 29.7. The zero-order valence-electron chi connectivity index (χ0n) is 52.1. The highest BCUT2D eigenvalue weighted by Crippen LogP contribution is 2.20. The van der Waals surface area contributed by atoms with Gasteiger partial charge in [-0.1, -0.05) is 13.8 Å². The van der Waals surface area contributed by atoms with Crippen LogP contribution in [0.25, 0.3) is 0 Å². The number of carbonyl (C=O) groups is 17. The van der Waals surface area contributed by atoms with Crippen molar-refractivity contribution in [1.29, 1.82) is 0 Å². The third-order valence-corrected chi connectivity index (χ3v) is 13.5. The van der Waals surface area contributed by atoms with Crippen molar-refractivity contribution < 1.29 is 102 Å². The van der Waals surface area contributed by atoms with E-state index in [1.807, 2.05) is 10.6 Å². The van der Waals surface area contributed by atoms with Crippen LogP contribution in [0.15, 0.2) is 4.99 Å². The number of aliphatic hydroxyl groups excluding tert-OH is 3. The lowest BCUT2D eigenvalue weighted by Gasteiger charge is -2.31. The molecule has 1 aliphatic heterocycles. The first-order valence-electron chi connectivity index (χ1n) is 29.0. The molecule has 1 heterocycles. The van der Waals surface area contributed by atoms with Crippen LogP contribution in [0.2, 0.25) is 0 Å². The molecular weight excluding hydrogens is 1240 g/mol. The van der Waals surface area contributed by atoms with Gasteiger partial charge in [-0.25, -0.2) is 4.79 Å². The molecule has 1 rings (SSSR count). The summed E-state index contributed by atoms with van der Waals surface area (Å²) in [5, 5.41) is 66.4. The molecule has 0 spiro atoms. The van der Waals surface area contributed by atoms with Crippen LogP contribution >= 0.6 is 0 Å². The molecule has 0 aliphatic carbocycles. The van der Waals surface area contributed by atoms with Crippen LogP contribution in [0.4, 0.5) is 0 Å². The van der Waals surface area contributed by atoms with Crippen molar-refractivity contribution in [2.45, 2.75) is 172 Å². The van der Waals surface area contributed by atoms with Crippen LogP contribution in [0.5, 0.6) is 0 Å². The van der Waals surface area contributed by atoms with Gasteiger partial charge in [0.15, 0.2) is 5.96 Å². The van der Waals surface area contributed by atoms with Crippen LogP contribution < -0.4 is 98.2 Å². The van der Waals surface area contributed by atoms with Gasteiger partial charge < -0.3 is 124 Å². The lowest BCUT2D eigenvalue weighted by Crippen LogP contribution is -2.62. The molecule has 0 unspecified atom stereocenters. The topological polar surface area (TPSA) is 687 Å². The molecule has 13 atom stereocenters. The Morgan fingerprint density at radius 3 is 1.48 bits per heavy atom. The number of carboxylic acid groups (broad SMARTS) is 1. The first-order valence-corrected chi connectivity index (χ1v) is 29.0. The Labute approximate surface area is 532 Å². The Morgan fingerprint density at radius 1 is 0.505 bits per heavy atom. The summed E-state index contributed by atoms with van der Waals surface area (Å²) in [6.07, 6.45) is -5.10. The van der Waals surface area contributed by atoms with Gasteiger partial charge >= 0.3 is 5.97 Å². The molecule has 16 amide bonds. The number of rotatable bonds is 41. The van der Waals surface area contributed by atoms with Gasteiger partial charge in [0.05, 0.1) is 51.3 Å². The molecule has 1 aliphatic rings. The molecule has 0 aromatic rings. The first-order chi connectivity index (χ1) is 43.3. The summed E-state index contributed by atoms with van der Waals surface area (Å²) in [6, 6.07) is -16.9. The summed E-state index contributed by atoms with van der Waals surface area (Å²) in [5.74, 6) is -19.1. The van der Waals surface area contributed by atoms with E-state index >= 15 is 0 Å². The number of carbonyl (C=O) groups excluding carboxylic acids is 16. The van der Waals surface area contributed by atoms with Crippen molar-refractivity contribution in [3.63, 3.8) is 0 Å². The average molecular weight is 1330 g/mol. The maximum absolute atomic E-state index is 13.8. The third-order valence-electron chi connectivity index (χ3n) is 13.5. The van der Waals surface area contributed by atoms with E-state index in [9.17, 15) is 102 Å². The maximum atomic E-state index is 13.8. The van der Waals surface area contributed by atoms with Gasteiger partial charge in [-0.05, 0) is 65.7 Å². The number of aliphatic hydroxyl groups is 3. The number of aliphatic carboxylic acids is 1. The van der Waals surface area contributed by atoms with Crippen LogP contribution in [0.3, 0.4) is 0 Å². The molecule has 522 valence electrons. The van der Waals surface area contributed by atoms with E-state index in [2.05, 4.69) is 58.2 Å². The second kappa shape index (κ2) is 40.1. The van der Waals surface area contributed by atoms with E-state index in [0.717, 1.165) is 0 Å². The minimum Gasteiger partial charge on any atom is -0.480 e. The van der Waals surface area contributed by atoms with Crippen molar-refractivity contribution in [3.8, 4) is 0 Å². The number of hydrogen-bond acceptors (Lipinski definition) is 22. The van der Waals surface area contributed by atoms with Crippen LogP contribution in [0.1, 0.15) is 92.9 Å². The molecule has 28 N–H and O–H groups in total. The van der Waals surface area contributed by atoms with Gasteiger partial charge in [0.25, 0.3) is 0 Å². The molecule has 1 fully saturated rings. The number of nitrogens with two attached hydrogens (primary N) is 6. The predicted octanol–water partition coefficient (Wildman–Crippen LogP) is -13.4. The highest BCUT2D eigenvalue weighted by molar-refractivity contribution is 6.00. The van der Waals surface area contributed by atoms with Gasteiger partial charge in [-0.15, -0.1) is 0 Å². The quantitative estimate of drug-likeness (QED) is 0.0154. The zero-order chi connectivity index (χ0) is 71.1. The number of hydrogen-bond donors (Lipinski definition) is 22. The number of amides is 16. The SMILES string of the molecule is CC(C)[C@H](NC(=O)[C@@H](NC(=O)[C@@H]1CCCN1C(=O)[C@@H](N)[C@@H](C)O)[C@@H](C)O)C(=O)N[C@@H](CCCN=C(N)N)C(=O)NCC(=O)N[C@@H](C)C(=O)N[C@@H](C)C(=O)NCC(=O)N[C@@H](CO)C(=O)NCC(=O)N[C@@H](CC(N)=O)C(=O)N[C@@H](CCC(N)=O)C(=O)N[C@@H](CC(N)=O)C(=O)O. The molecule has 93 heavy (non-hydrogen) atoms. The summed E-state index contributed by atoms with van der Waals surface area (Å²) < 4.78 is 0. The first kappa shape index (κ1) is 81.1. The van der Waals surface area contributed by atoms with E-state index in [0.29, 0.717) is 6.42 Å². The fourth-order valence-electron chi connectivity index (χ4n) is 8.43. The Hall–Kier alpha value is -9.90. The van der Waals surface area contributed by atoms with Gasteiger partial charge in [-0.3, -0.25) is 81.7 Å². The van der Waals surface area contributed by atoms with Crippen molar-refractivity contribution in [3.05, 3.63) is 0 Å². The highest BCUT2D eigenvalue weighted by atomic mass is 16.4. The van der Waals surface area contributed by atoms with Crippen LogP contribution in [0, 0.1) is 5.92 Å². The van der Waals surface area contributed by atoms with Gasteiger partial charge in [0, 0.05) is 19.5 Å². The minimum atomic E-state index is -1.87. The van der Waals surface area contributed by atoms with Gasteiger partial charge in [0.2, 0.25) is 94.5 Å². The maximum Gasteiger partial charge on any atom is 0.326 e. The number of guanidine groups is 1. The number of nitrogens with one attached hydrogen (secondary N) is 12. The molecular formula is C52H88N20O21. The number of aliphatic imine (C=N–C) groups is 1. The van der Waals surface area contributed by atoms with Crippen molar-refractivity contribution in [2.24, 2.45) is 45.3 Å². The molecule has 0 saturated carbocycles. The Morgan fingerprint density at radius 2 is 0.978 bits per heavy atom. The van der Waals surface area contributed by atoms with E-state index in [1.54, 1.807) is 13.8 Å². The standard InChI is InChI=1S/C52H88N20O21/c1-21(2)39(70-49(90)40(25(6)75)71-47(88)31-10-8-14-72(31)50(91)38(56)24(5)74)48(89)68-26(9-7-13-59-52(57)58)43(84)61-17-35(79)63-23(4)42(83)64-22(3)41(82)60-18-37(81)66-30(20-73)44(85)62-19-36(80)65-28(15-33(54)77)46(87)67-27(11-12-32(53)76)45(86)69-29(51(92)93)16-34(55)78/h21-31,38-40,73-75H,7-20,56H2,1-6H3,(H2,53,76)(H2,54,77)(H2,55,78)(H,60,82)(H,61,84)(H,62,85)(H,63,79)(H,64,83)(H,65,80)(H,66,81)(H,67,87)(H,68,89)(H,69,86)(H,70,90)(H,71,88)(H,92,93)(H4,57,58,59)/t22-,23-,24+,25+,26-,27-,28-,29-,30-,31-,38-,39-,40-/m0/s1. The van der Waals surface area contributed by atoms with Crippen molar-refractivity contribution in [2.75, 3.05) is 39.3 Å². The molecule has 0 aromatic heterocycles. The average Bonchev–Trinajstić information content (AvgIpc) is 1.90. The van der Waals surface area contributed by atoms with Crippen molar-refractivity contribution >= 4 is 106 Å². The van der Waals surface area contributed by atoms with Gasteiger partial charge in [-0.2, -0.15) is 0 Å². The Balaban J connectivity index is 2.91. The molecule has 0 radical (unpaired) electrons. The van der Waals surface area contributed by atoms with Crippen LogP contribution in [-0.4, -0.2) is 250 Å². The largest absolute Gasteiger partial charge is 0.480 e. The molecule has 41 heteroatoms.